The lowest BCUT2D eigenvalue weighted by Crippen LogP contribution is -2.54. The summed E-state index contributed by atoms with van der Waals surface area (Å²) in [5, 5.41) is 11.3. The zero-order valence-electron chi connectivity index (χ0n) is 14.8. The topological polar surface area (TPSA) is 57.6 Å². The monoisotopic (exact) mass is 360 g/mol. The molecule has 4 nitrogen and oxygen atoms in total. The second kappa shape index (κ2) is 8.13. The van der Waals surface area contributed by atoms with Gasteiger partial charge < -0.3 is 5.11 Å². The van der Waals surface area contributed by atoms with Crippen LogP contribution in [-0.4, -0.2) is 30.1 Å². The molecule has 2 aromatic carbocycles. The van der Waals surface area contributed by atoms with Gasteiger partial charge in [0.15, 0.2) is 0 Å². The van der Waals surface area contributed by atoms with Gasteiger partial charge >= 0.3 is 0 Å². The van der Waals surface area contributed by atoms with Crippen LogP contribution in [0.15, 0.2) is 65.6 Å². The average Bonchev–Trinajstić information content (AvgIpc) is 2.61. The number of benzene rings is 2. The first-order chi connectivity index (χ1) is 11.8. The molecule has 5 heteroatoms. The minimum absolute atomic E-state index is 0.0562. The van der Waals surface area contributed by atoms with Crippen LogP contribution in [-0.2, 0) is 16.4 Å². The van der Waals surface area contributed by atoms with Gasteiger partial charge in [0.05, 0.1) is 4.90 Å². The fourth-order valence-corrected chi connectivity index (χ4v) is 4.62. The molecular formula is C20H26NO3S. The Balaban J connectivity index is 2.47. The van der Waals surface area contributed by atoms with Crippen LogP contribution < -0.4 is 0 Å². The van der Waals surface area contributed by atoms with E-state index in [0.29, 0.717) is 0 Å². The van der Waals surface area contributed by atoms with Crippen molar-refractivity contribution in [2.75, 3.05) is 6.54 Å². The van der Waals surface area contributed by atoms with Crippen molar-refractivity contribution in [2.24, 2.45) is 5.92 Å². The summed E-state index contributed by atoms with van der Waals surface area (Å²) in [7, 11) is -3.84. The third-order valence-electron chi connectivity index (χ3n) is 4.06. The summed E-state index contributed by atoms with van der Waals surface area (Å²) < 4.78 is 27.6. The second-order valence-corrected chi connectivity index (χ2v) is 8.50. The van der Waals surface area contributed by atoms with E-state index in [1.165, 1.54) is 4.31 Å². The summed E-state index contributed by atoms with van der Waals surface area (Å²) in [4.78, 5) is 0.176. The zero-order valence-corrected chi connectivity index (χ0v) is 15.6. The lowest BCUT2D eigenvalue weighted by molar-refractivity contribution is -0.0624. The Hall–Kier alpha value is -1.69. The van der Waals surface area contributed by atoms with Crippen LogP contribution in [0.2, 0.25) is 0 Å². The van der Waals surface area contributed by atoms with Crippen molar-refractivity contribution in [3.8, 4) is 0 Å². The fraction of sp³-hybridized carbons (Fsp3) is 0.350. The fourth-order valence-electron chi connectivity index (χ4n) is 2.77. The van der Waals surface area contributed by atoms with Crippen LogP contribution in [0.3, 0.4) is 0 Å². The Morgan fingerprint density at radius 1 is 1.04 bits per heavy atom. The van der Waals surface area contributed by atoms with Gasteiger partial charge in [-0.3, -0.25) is 0 Å². The highest BCUT2D eigenvalue weighted by Crippen LogP contribution is 2.30. The Labute approximate surface area is 151 Å². The highest BCUT2D eigenvalue weighted by Gasteiger charge is 2.41. The largest absolute Gasteiger partial charge is 0.374 e. The standard InChI is InChI=1S/C20H26NO3S/c1-4-20(22,15-18-11-7-5-8-12-18)21(16-17(2)3)25(23,24)19-13-9-6-10-14-19/h5-14,17,22H,1,4,15-16H2,2-3H3. The Bertz CT molecular complexity index is 760. The Morgan fingerprint density at radius 2 is 1.56 bits per heavy atom. The molecule has 135 valence electrons. The lowest BCUT2D eigenvalue weighted by Gasteiger charge is -2.39. The van der Waals surface area contributed by atoms with Gasteiger partial charge in [-0.1, -0.05) is 62.4 Å². The number of hydrogen-bond acceptors (Lipinski definition) is 3. The summed E-state index contributed by atoms with van der Waals surface area (Å²) in [5.41, 5.74) is -0.717. The normalized spacial score (nSPS) is 14.6. The SMILES string of the molecule is [CH2]CC(O)(Cc1ccccc1)N(CC(C)C)S(=O)(=O)c1ccccc1. The lowest BCUT2D eigenvalue weighted by atomic mass is 9.99. The van der Waals surface area contributed by atoms with Gasteiger partial charge in [0.1, 0.15) is 5.72 Å². The highest BCUT2D eigenvalue weighted by molar-refractivity contribution is 7.89. The first kappa shape index (κ1) is 19.6. The smallest absolute Gasteiger partial charge is 0.245 e. The van der Waals surface area contributed by atoms with Crippen LogP contribution >= 0.6 is 0 Å². The molecule has 1 atom stereocenters. The van der Waals surface area contributed by atoms with Gasteiger partial charge in [-0.15, -0.1) is 0 Å². The van der Waals surface area contributed by atoms with E-state index in [1.807, 2.05) is 44.2 Å². The van der Waals surface area contributed by atoms with Crippen LogP contribution in [0.1, 0.15) is 25.8 Å². The van der Waals surface area contributed by atoms with Gasteiger partial charge in [-0.2, -0.15) is 4.31 Å². The van der Waals surface area contributed by atoms with Crippen molar-refractivity contribution >= 4 is 10.0 Å². The minimum atomic E-state index is -3.84. The molecule has 1 unspecified atom stereocenters. The van der Waals surface area contributed by atoms with E-state index in [4.69, 9.17) is 0 Å². The molecule has 0 saturated heterocycles. The van der Waals surface area contributed by atoms with Crippen molar-refractivity contribution in [3.05, 3.63) is 73.2 Å². The molecule has 0 bridgehead atoms. The van der Waals surface area contributed by atoms with Crippen LogP contribution in [0.4, 0.5) is 0 Å². The zero-order chi connectivity index (χ0) is 18.5. The molecular weight excluding hydrogens is 334 g/mol. The molecule has 1 radical (unpaired) electrons. The quantitative estimate of drug-likeness (QED) is 0.733. The molecule has 1 N–H and O–H groups in total. The molecule has 0 aliphatic rings. The summed E-state index contributed by atoms with van der Waals surface area (Å²) in [5.74, 6) is 0.0623. The number of hydrogen-bond donors (Lipinski definition) is 1. The molecule has 25 heavy (non-hydrogen) atoms. The van der Waals surface area contributed by atoms with Crippen molar-refractivity contribution in [1.82, 2.24) is 4.31 Å². The van der Waals surface area contributed by atoms with Crippen molar-refractivity contribution in [3.63, 3.8) is 0 Å². The molecule has 0 saturated carbocycles. The third kappa shape index (κ3) is 4.69. The molecule has 0 heterocycles. The van der Waals surface area contributed by atoms with E-state index in [0.717, 1.165) is 5.56 Å². The van der Waals surface area contributed by atoms with Crippen LogP contribution in [0.5, 0.6) is 0 Å². The second-order valence-electron chi connectivity index (χ2n) is 6.64. The maximum absolute atomic E-state index is 13.2. The first-order valence-corrected chi connectivity index (χ1v) is 9.87. The summed E-state index contributed by atoms with van der Waals surface area (Å²) in [6.45, 7) is 7.91. The summed E-state index contributed by atoms with van der Waals surface area (Å²) in [6.07, 6.45) is 0.247. The van der Waals surface area contributed by atoms with E-state index in [9.17, 15) is 13.5 Å². The van der Waals surface area contributed by atoms with Crippen LogP contribution in [0, 0.1) is 12.8 Å². The number of rotatable bonds is 8. The maximum atomic E-state index is 13.2. The molecule has 0 aliphatic heterocycles. The van der Waals surface area contributed by atoms with E-state index in [1.54, 1.807) is 30.3 Å². The molecule has 2 rings (SSSR count). The molecule has 0 amide bonds. The minimum Gasteiger partial charge on any atom is -0.374 e. The van der Waals surface area contributed by atoms with E-state index in [-0.39, 0.29) is 30.2 Å². The number of sulfonamides is 1. The van der Waals surface area contributed by atoms with Crippen LogP contribution in [0.25, 0.3) is 0 Å². The molecule has 0 spiro atoms. The molecule has 0 fully saturated rings. The Morgan fingerprint density at radius 3 is 2.04 bits per heavy atom. The molecule has 0 aliphatic carbocycles. The summed E-state index contributed by atoms with van der Waals surface area (Å²) >= 11 is 0. The predicted octanol–water partition coefficient (Wildman–Crippen LogP) is 3.49. The van der Waals surface area contributed by atoms with Crippen molar-refractivity contribution in [2.45, 2.75) is 37.3 Å². The average molecular weight is 360 g/mol. The van der Waals surface area contributed by atoms with E-state index >= 15 is 0 Å². The number of nitrogens with zero attached hydrogens (tertiary/aromatic N) is 1. The predicted molar refractivity (Wildman–Crippen MR) is 100 cm³/mol. The van der Waals surface area contributed by atoms with E-state index < -0.39 is 15.7 Å². The summed E-state index contributed by atoms with van der Waals surface area (Å²) in [6, 6.07) is 17.6. The van der Waals surface area contributed by atoms with Crippen molar-refractivity contribution < 1.29 is 13.5 Å². The van der Waals surface area contributed by atoms with Crippen molar-refractivity contribution in [1.29, 1.82) is 0 Å². The Kier molecular flexibility index (Phi) is 6.38. The molecule has 2 aromatic rings. The highest BCUT2D eigenvalue weighted by atomic mass is 32.2. The van der Waals surface area contributed by atoms with E-state index in [2.05, 4.69) is 6.92 Å². The van der Waals surface area contributed by atoms with Gasteiger partial charge in [-0.25, -0.2) is 8.42 Å². The van der Waals surface area contributed by atoms with Gasteiger partial charge in [0.25, 0.3) is 0 Å². The number of aliphatic hydroxyl groups is 1. The third-order valence-corrected chi connectivity index (χ3v) is 5.99. The van der Waals surface area contributed by atoms with Gasteiger partial charge in [-0.05, 0) is 37.0 Å². The van der Waals surface area contributed by atoms with Gasteiger partial charge in [0.2, 0.25) is 10.0 Å². The van der Waals surface area contributed by atoms with Gasteiger partial charge in [0, 0.05) is 13.0 Å². The maximum Gasteiger partial charge on any atom is 0.245 e. The molecule has 0 aromatic heterocycles. The first-order valence-electron chi connectivity index (χ1n) is 8.43.